The maximum absolute atomic E-state index is 13.2. The van der Waals surface area contributed by atoms with E-state index >= 15 is 0 Å². The Hall–Kier alpha value is -2.18. The molecule has 0 saturated heterocycles. The lowest BCUT2D eigenvalue weighted by Crippen LogP contribution is -2.36. The van der Waals surface area contributed by atoms with Crippen LogP contribution >= 0.6 is 0 Å². The van der Waals surface area contributed by atoms with Crippen LogP contribution in [0, 0.1) is 6.92 Å². The van der Waals surface area contributed by atoms with Gasteiger partial charge in [0.15, 0.2) is 0 Å². The van der Waals surface area contributed by atoms with Gasteiger partial charge >= 0.3 is 0 Å². The Morgan fingerprint density at radius 1 is 1.11 bits per heavy atom. The van der Waals surface area contributed by atoms with E-state index in [4.69, 9.17) is 0 Å². The van der Waals surface area contributed by atoms with Crippen molar-refractivity contribution in [2.24, 2.45) is 0 Å². The van der Waals surface area contributed by atoms with Crippen LogP contribution in [0.15, 0.2) is 47.4 Å². The van der Waals surface area contributed by atoms with Crippen molar-refractivity contribution in [2.75, 3.05) is 24.5 Å². The number of aryl methyl sites for hydroxylation is 2. The summed E-state index contributed by atoms with van der Waals surface area (Å²) in [5, 5.41) is 0. The van der Waals surface area contributed by atoms with Crippen LogP contribution in [0.1, 0.15) is 41.8 Å². The Morgan fingerprint density at radius 3 is 2.56 bits per heavy atom. The molecule has 144 valence electrons. The molecule has 0 atom stereocenters. The number of hydrogen-bond acceptors (Lipinski definition) is 3. The third-order valence-corrected chi connectivity index (χ3v) is 7.07. The molecule has 0 unspecified atom stereocenters. The molecule has 5 nitrogen and oxygen atoms in total. The largest absolute Gasteiger partial charge is 0.308 e. The number of carbonyl (C=O) groups is 1. The van der Waals surface area contributed by atoms with Gasteiger partial charge in [-0.2, -0.15) is 4.31 Å². The summed E-state index contributed by atoms with van der Waals surface area (Å²) in [5.41, 5.74) is 3.67. The average Bonchev–Trinajstić information content (AvgIpc) is 2.67. The first-order valence-corrected chi connectivity index (χ1v) is 10.8. The molecule has 0 N–H and O–H groups in total. The quantitative estimate of drug-likeness (QED) is 0.789. The fraction of sp³-hybridized carbons (Fsp3) is 0.381. The van der Waals surface area contributed by atoms with Crippen molar-refractivity contribution < 1.29 is 13.2 Å². The Morgan fingerprint density at radius 2 is 1.85 bits per heavy atom. The van der Waals surface area contributed by atoms with Crippen molar-refractivity contribution >= 4 is 21.6 Å². The highest BCUT2D eigenvalue weighted by Gasteiger charge is 2.26. The van der Waals surface area contributed by atoms with Gasteiger partial charge in [-0.1, -0.05) is 37.6 Å². The number of sulfonamides is 1. The predicted octanol–water partition coefficient (Wildman–Crippen LogP) is 3.62. The van der Waals surface area contributed by atoms with Gasteiger partial charge in [0.25, 0.3) is 5.91 Å². The maximum Gasteiger partial charge on any atom is 0.258 e. The van der Waals surface area contributed by atoms with E-state index in [0.717, 1.165) is 18.5 Å². The second-order valence-corrected chi connectivity index (χ2v) is 8.75. The van der Waals surface area contributed by atoms with E-state index in [2.05, 4.69) is 6.07 Å². The summed E-state index contributed by atoms with van der Waals surface area (Å²) in [4.78, 5) is 15.1. The van der Waals surface area contributed by atoms with E-state index in [1.807, 2.05) is 32.9 Å². The monoisotopic (exact) mass is 386 g/mol. The summed E-state index contributed by atoms with van der Waals surface area (Å²) in [7, 11) is -3.59. The van der Waals surface area contributed by atoms with Gasteiger partial charge in [0.05, 0.1) is 4.90 Å². The number of carbonyl (C=O) groups excluding carboxylic acids is 1. The zero-order valence-corrected chi connectivity index (χ0v) is 16.9. The second kappa shape index (κ2) is 7.82. The van der Waals surface area contributed by atoms with E-state index < -0.39 is 10.0 Å². The van der Waals surface area contributed by atoms with Gasteiger partial charge < -0.3 is 4.90 Å². The molecule has 27 heavy (non-hydrogen) atoms. The van der Waals surface area contributed by atoms with Crippen LogP contribution in [0.5, 0.6) is 0 Å². The van der Waals surface area contributed by atoms with Crippen LogP contribution in [0.2, 0.25) is 0 Å². The minimum atomic E-state index is -3.59. The fourth-order valence-corrected chi connectivity index (χ4v) is 5.10. The molecule has 0 aromatic heterocycles. The molecular formula is C21H26N2O3S. The maximum atomic E-state index is 13.2. The van der Waals surface area contributed by atoms with Gasteiger partial charge in [-0.05, 0) is 49.6 Å². The number of anilines is 1. The number of rotatable bonds is 5. The molecule has 1 aliphatic heterocycles. The topological polar surface area (TPSA) is 57.7 Å². The molecular weight excluding hydrogens is 360 g/mol. The molecule has 0 saturated carbocycles. The summed E-state index contributed by atoms with van der Waals surface area (Å²) >= 11 is 0. The van der Waals surface area contributed by atoms with Gasteiger partial charge in [-0.15, -0.1) is 0 Å². The van der Waals surface area contributed by atoms with Gasteiger partial charge in [-0.25, -0.2) is 8.42 Å². The molecule has 0 bridgehead atoms. The first-order chi connectivity index (χ1) is 12.9. The molecule has 6 heteroatoms. The number of hydrogen-bond donors (Lipinski definition) is 0. The highest BCUT2D eigenvalue weighted by atomic mass is 32.2. The first kappa shape index (κ1) is 19.6. The van der Waals surface area contributed by atoms with E-state index in [-0.39, 0.29) is 10.8 Å². The summed E-state index contributed by atoms with van der Waals surface area (Å²) in [6, 6.07) is 12.5. The minimum Gasteiger partial charge on any atom is -0.308 e. The van der Waals surface area contributed by atoms with Gasteiger partial charge in [-0.3, -0.25) is 4.79 Å². The van der Waals surface area contributed by atoms with Crippen LogP contribution in [-0.4, -0.2) is 38.3 Å². The van der Waals surface area contributed by atoms with Crippen molar-refractivity contribution in [3.05, 3.63) is 59.2 Å². The van der Waals surface area contributed by atoms with Crippen molar-refractivity contribution in [3.63, 3.8) is 0 Å². The van der Waals surface area contributed by atoms with Crippen LogP contribution in [0.25, 0.3) is 0 Å². The summed E-state index contributed by atoms with van der Waals surface area (Å²) in [6.07, 6.45) is 1.86. The highest BCUT2D eigenvalue weighted by Crippen LogP contribution is 2.29. The summed E-state index contributed by atoms with van der Waals surface area (Å²) in [6.45, 7) is 7.10. The zero-order chi connectivity index (χ0) is 19.6. The number of amides is 1. The Kier molecular flexibility index (Phi) is 5.67. The highest BCUT2D eigenvalue weighted by molar-refractivity contribution is 7.89. The van der Waals surface area contributed by atoms with Gasteiger partial charge in [0.2, 0.25) is 10.0 Å². The average molecular weight is 387 g/mol. The number of benzene rings is 2. The first-order valence-electron chi connectivity index (χ1n) is 9.40. The molecule has 0 aliphatic carbocycles. The Bertz CT molecular complexity index is 950. The third-order valence-electron chi connectivity index (χ3n) is 5.02. The fourth-order valence-electron chi connectivity index (χ4n) is 3.59. The smallest absolute Gasteiger partial charge is 0.258 e. The summed E-state index contributed by atoms with van der Waals surface area (Å²) < 4.78 is 27.0. The Labute approximate surface area is 161 Å². The van der Waals surface area contributed by atoms with Crippen LogP contribution in [-0.2, 0) is 16.4 Å². The molecule has 0 fully saturated rings. The van der Waals surface area contributed by atoms with Crippen LogP contribution in [0.4, 0.5) is 5.69 Å². The summed E-state index contributed by atoms with van der Waals surface area (Å²) in [5.74, 6) is -0.156. The molecule has 1 heterocycles. The lowest BCUT2D eigenvalue weighted by atomic mass is 9.99. The predicted molar refractivity (Wildman–Crippen MR) is 108 cm³/mol. The lowest BCUT2D eigenvalue weighted by Gasteiger charge is -2.30. The van der Waals surface area contributed by atoms with Crippen molar-refractivity contribution in [2.45, 2.75) is 38.5 Å². The normalized spacial score (nSPS) is 14.3. The van der Waals surface area contributed by atoms with E-state index in [0.29, 0.717) is 25.2 Å². The molecule has 3 rings (SSSR count). The van der Waals surface area contributed by atoms with Crippen LogP contribution < -0.4 is 4.90 Å². The standard InChI is InChI=1S/C21H26N2O3S/c1-4-22(5-2)27(25,26)19-10-6-8-18(15-19)21(24)23-13-7-9-17-14-16(3)11-12-20(17)23/h6,8,10-12,14-15H,4-5,7,9,13H2,1-3H3. The lowest BCUT2D eigenvalue weighted by molar-refractivity contribution is 0.0985. The minimum absolute atomic E-state index is 0.156. The van der Waals surface area contributed by atoms with Crippen molar-refractivity contribution in [3.8, 4) is 0 Å². The zero-order valence-electron chi connectivity index (χ0n) is 16.1. The molecule has 2 aromatic carbocycles. The SMILES string of the molecule is CCN(CC)S(=O)(=O)c1cccc(C(=O)N2CCCc3cc(C)ccc32)c1. The second-order valence-electron chi connectivity index (χ2n) is 6.81. The van der Waals surface area contributed by atoms with E-state index in [1.54, 1.807) is 23.1 Å². The van der Waals surface area contributed by atoms with Crippen molar-refractivity contribution in [1.82, 2.24) is 4.31 Å². The third kappa shape index (κ3) is 3.77. The van der Waals surface area contributed by atoms with Crippen molar-refractivity contribution in [1.29, 1.82) is 0 Å². The molecule has 0 spiro atoms. The Balaban J connectivity index is 1.96. The molecule has 2 aromatic rings. The molecule has 0 radical (unpaired) electrons. The van der Waals surface area contributed by atoms with Gasteiger partial charge in [0, 0.05) is 30.9 Å². The van der Waals surface area contributed by atoms with Crippen LogP contribution in [0.3, 0.4) is 0 Å². The molecule has 1 aliphatic rings. The number of fused-ring (bicyclic) bond motifs is 1. The van der Waals surface area contributed by atoms with E-state index in [9.17, 15) is 13.2 Å². The van der Waals surface area contributed by atoms with E-state index in [1.165, 1.54) is 21.5 Å². The van der Waals surface area contributed by atoms with Gasteiger partial charge in [0.1, 0.15) is 0 Å². The number of nitrogens with zero attached hydrogens (tertiary/aromatic N) is 2. The molecule has 1 amide bonds.